The van der Waals surface area contributed by atoms with Gasteiger partial charge in [-0.3, -0.25) is 4.79 Å². The van der Waals surface area contributed by atoms with Crippen LogP contribution in [0, 0.1) is 0 Å². The van der Waals surface area contributed by atoms with Crippen LogP contribution in [0.3, 0.4) is 0 Å². The third-order valence-corrected chi connectivity index (χ3v) is 4.04. The molecule has 0 aliphatic carbocycles. The molecule has 0 saturated heterocycles. The topological polar surface area (TPSA) is 56.7 Å². The summed E-state index contributed by atoms with van der Waals surface area (Å²) in [5, 5.41) is 9.40. The first-order valence-electron chi connectivity index (χ1n) is 8.44. The van der Waals surface area contributed by atoms with Crippen molar-refractivity contribution in [3.05, 3.63) is 72.3 Å². The van der Waals surface area contributed by atoms with Crippen LogP contribution < -0.4 is 15.6 Å². The number of hydrogen-bond donors (Lipinski definition) is 2. The Hall–Kier alpha value is -3.34. The molecule has 0 aliphatic heterocycles. The highest BCUT2D eigenvalue weighted by molar-refractivity contribution is 5.95. The third-order valence-electron chi connectivity index (χ3n) is 4.04. The van der Waals surface area contributed by atoms with E-state index in [1.807, 2.05) is 85.7 Å². The molecule has 1 amide bonds. The first-order chi connectivity index (χ1) is 12.6. The molecule has 0 saturated carbocycles. The van der Waals surface area contributed by atoms with E-state index >= 15 is 0 Å². The van der Waals surface area contributed by atoms with Crippen LogP contribution in [0.2, 0.25) is 0 Å². The van der Waals surface area contributed by atoms with Crippen LogP contribution in [-0.4, -0.2) is 32.8 Å². The van der Waals surface area contributed by atoms with E-state index in [0.717, 1.165) is 27.7 Å². The molecule has 5 nitrogen and oxygen atoms in total. The lowest BCUT2D eigenvalue weighted by Gasteiger charge is -2.11. The highest BCUT2D eigenvalue weighted by Gasteiger charge is 2.03. The van der Waals surface area contributed by atoms with Crippen LogP contribution in [0.15, 0.2) is 71.8 Å². The Balaban J connectivity index is 1.54. The van der Waals surface area contributed by atoms with Gasteiger partial charge >= 0.3 is 0 Å². The van der Waals surface area contributed by atoms with Gasteiger partial charge in [-0.25, -0.2) is 5.43 Å². The predicted octanol–water partition coefficient (Wildman–Crippen LogP) is 3.47. The molecule has 0 atom stereocenters. The summed E-state index contributed by atoms with van der Waals surface area (Å²) in [7, 11) is 3.98. The zero-order chi connectivity index (χ0) is 18.4. The molecule has 3 aromatic carbocycles. The molecule has 0 aliphatic rings. The van der Waals surface area contributed by atoms with Crippen LogP contribution >= 0.6 is 0 Å². The van der Waals surface area contributed by atoms with Gasteiger partial charge in [-0.05, 0) is 29.1 Å². The second kappa shape index (κ2) is 8.16. The Morgan fingerprint density at radius 1 is 1.00 bits per heavy atom. The summed E-state index contributed by atoms with van der Waals surface area (Å²) in [4.78, 5) is 14.0. The Kier molecular flexibility index (Phi) is 5.49. The minimum absolute atomic E-state index is 0.158. The largest absolute Gasteiger partial charge is 0.378 e. The molecular weight excluding hydrogens is 324 g/mol. The van der Waals surface area contributed by atoms with E-state index in [0.29, 0.717) is 0 Å². The van der Waals surface area contributed by atoms with Crippen LogP contribution in [0.1, 0.15) is 5.56 Å². The number of nitrogens with zero attached hydrogens (tertiary/aromatic N) is 2. The van der Waals surface area contributed by atoms with Gasteiger partial charge in [-0.15, -0.1) is 0 Å². The maximum absolute atomic E-state index is 12.0. The van der Waals surface area contributed by atoms with Gasteiger partial charge in [-0.2, -0.15) is 5.10 Å². The second-order valence-corrected chi connectivity index (χ2v) is 6.16. The minimum Gasteiger partial charge on any atom is -0.378 e. The molecule has 0 radical (unpaired) electrons. The lowest BCUT2D eigenvalue weighted by atomic mass is 10.1. The minimum atomic E-state index is -0.195. The molecule has 0 unspecified atom stereocenters. The zero-order valence-electron chi connectivity index (χ0n) is 14.9. The number of carbonyl (C=O) groups excluding carboxylic acids is 1. The quantitative estimate of drug-likeness (QED) is 0.531. The van der Waals surface area contributed by atoms with Crippen molar-refractivity contribution in [1.82, 2.24) is 5.43 Å². The van der Waals surface area contributed by atoms with Crippen LogP contribution in [0.4, 0.5) is 11.4 Å². The van der Waals surface area contributed by atoms with Gasteiger partial charge < -0.3 is 10.2 Å². The number of fused-ring (bicyclic) bond motifs is 1. The van der Waals surface area contributed by atoms with E-state index in [1.54, 1.807) is 6.21 Å². The van der Waals surface area contributed by atoms with Crippen molar-refractivity contribution in [2.24, 2.45) is 5.10 Å². The van der Waals surface area contributed by atoms with Crippen molar-refractivity contribution >= 4 is 34.3 Å². The molecule has 0 spiro atoms. The van der Waals surface area contributed by atoms with Gasteiger partial charge in [0.1, 0.15) is 0 Å². The van der Waals surface area contributed by atoms with Crippen molar-refractivity contribution in [2.45, 2.75) is 0 Å². The SMILES string of the molecule is CN(C)c1ccc(C=NNC(=O)CNc2cccc3ccccc23)cc1. The predicted molar refractivity (Wildman–Crippen MR) is 109 cm³/mol. The Morgan fingerprint density at radius 3 is 2.50 bits per heavy atom. The van der Waals surface area contributed by atoms with E-state index in [4.69, 9.17) is 0 Å². The Morgan fingerprint density at radius 2 is 1.73 bits per heavy atom. The highest BCUT2D eigenvalue weighted by atomic mass is 16.2. The number of nitrogens with one attached hydrogen (secondary N) is 2. The summed E-state index contributed by atoms with van der Waals surface area (Å²) in [5.41, 5.74) is 5.52. The van der Waals surface area contributed by atoms with Gasteiger partial charge in [0.25, 0.3) is 5.91 Å². The van der Waals surface area contributed by atoms with Crippen molar-refractivity contribution in [3.63, 3.8) is 0 Å². The van der Waals surface area contributed by atoms with E-state index in [9.17, 15) is 4.79 Å². The van der Waals surface area contributed by atoms with Gasteiger partial charge in [0.05, 0.1) is 12.8 Å². The van der Waals surface area contributed by atoms with Gasteiger partial charge in [-0.1, -0.05) is 48.5 Å². The fourth-order valence-electron chi connectivity index (χ4n) is 2.63. The normalized spacial score (nSPS) is 10.8. The third kappa shape index (κ3) is 4.39. The maximum atomic E-state index is 12.0. The molecule has 26 heavy (non-hydrogen) atoms. The monoisotopic (exact) mass is 346 g/mol. The average Bonchev–Trinajstić information content (AvgIpc) is 2.66. The smallest absolute Gasteiger partial charge is 0.259 e. The highest BCUT2D eigenvalue weighted by Crippen LogP contribution is 2.22. The molecule has 132 valence electrons. The number of rotatable bonds is 6. The Bertz CT molecular complexity index is 911. The molecule has 0 bridgehead atoms. The number of anilines is 2. The molecule has 2 N–H and O–H groups in total. The van der Waals surface area contributed by atoms with E-state index in [2.05, 4.69) is 15.8 Å². The first-order valence-corrected chi connectivity index (χ1v) is 8.44. The second-order valence-electron chi connectivity index (χ2n) is 6.16. The average molecular weight is 346 g/mol. The van der Waals surface area contributed by atoms with Crippen LogP contribution in [-0.2, 0) is 4.79 Å². The number of hydrogen-bond acceptors (Lipinski definition) is 4. The number of hydrazone groups is 1. The lowest BCUT2D eigenvalue weighted by molar-refractivity contribution is -0.119. The van der Waals surface area contributed by atoms with Crippen molar-refractivity contribution in [1.29, 1.82) is 0 Å². The molecular formula is C21H22N4O. The summed E-state index contributed by atoms with van der Waals surface area (Å²) in [6.07, 6.45) is 1.63. The zero-order valence-corrected chi connectivity index (χ0v) is 14.9. The fourth-order valence-corrected chi connectivity index (χ4v) is 2.63. The molecule has 0 fully saturated rings. The fraction of sp³-hybridized carbons (Fsp3) is 0.143. The summed E-state index contributed by atoms with van der Waals surface area (Å²) in [5.74, 6) is -0.195. The molecule has 3 rings (SSSR count). The van der Waals surface area contributed by atoms with E-state index < -0.39 is 0 Å². The first kappa shape index (κ1) is 17.5. The number of carbonyl (C=O) groups is 1. The Labute approximate surface area is 153 Å². The maximum Gasteiger partial charge on any atom is 0.259 e. The van der Waals surface area contributed by atoms with Crippen molar-refractivity contribution in [2.75, 3.05) is 30.9 Å². The number of amides is 1. The van der Waals surface area contributed by atoms with Crippen LogP contribution in [0.25, 0.3) is 10.8 Å². The standard InChI is InChI=1S/C21H22N4O/c1-25(2)18-12-10-16(11-13-18)14-23-24-21(26)15-22-20-9-5-7-17-6-3-4-8-19(17)20/h3-14,22H,15H2,1-2H3,(H,24,26). The summed E-state index contributed by atoms with van der Waals surface area (Å²) >= 11 is 0. The van der Waals surface area contributed by atoms with Gasteiger partial charge in [0.15, 0.2) is 0 Å². The molecule has 3 aromatic rings. The summed E-state index contributed by atoms with van der Waals surface area (Å²) in [6.45, 7) is 0.158. The molecule has 0 heterocycles. The summed E-state index contributed by atoms with van der Waals surface area (Å²) < 4.78 is 0. The lowest BCUT2D eigenvalue weighted by Crippen LogP contribution is -2.25. The number of benzene rings is 3. The van der Waals surface area contributed by atoms with Crippen molar-refractivity contribution in [3.8, 4) is 0 Å². The van der Waals surface area contributed by atoms with E-state index in [1.165, 1.54) is 0 Å². The summed E-state index contributed by atoms with van der Waals surface area (Å²) in [6, 6.07) is 22.0. The van der Waals surface area contributed by atoms with Gasteiger partial charge in [0, 0.05) is 30.9 Å². The molecule has 5 heteroatoms. The van der Waals surface area contributed by atoms with Gasteiger partial charge in [0.2, 0.25) is 0 Å². The van der Waals surface area contributed by atoms with E-state index in [-0.39, 0.29) is 12.5 Å². The van der Waals surface area contributed by atoms with Crippen molar-refractivity contribution < 1.29 is 4.79 Å². The molecule has 0 aromatic heterocycles. The van der Waals surface area contributed by atoms with Crippen LogP contribution in [0.5, 0.6) is 0 Å².